The van der Waals surface area contributed by atoms with E-state index >= 15 is 0 Å². The minimum Gasteiger partial charge on any atom is -0.205 e. The second-order valence-electron chi connectivity index (χ2n) is 13.8. The average molecular weight is 585 g/mol. The molecule has 1 aromatic heterocycles. The molecule has 0 amide bonds. The molecule has 0 aliphatic heterocycles. The largest absolute Gasteiger partial charge is 0.205 e. The summed E-state index contributed by atoms with van der Waals surface area (Å²) in [7, 11) is 0. The van der Waals surface area contributed by atoms with Gasteiger partial charge in [0.15, 0.2) is 12.4 Å². The lowest BCUT2D eigenvalue weighted by Crippen LogP contribution is -2.34. The zero-order valence-corrected chi connectivity index (χ0v) is 29.5. The molecule has 0 unspecified atom stereocenters. The Kier molecular flexibility index (Phi) is 29.4. The Balaban J connectivity index is 2.11. The van der Waals surface area contributed by atoms with Gasteiger partial charge in [-0.1, -0.05) is 194 Å². The van der Waals surface area contributed by atoms with Crippen LogP contribution in [0.5, 0.6) is 0 Å². The van der Waals surface area contributed by atoms with Crippen molar-refractivity contribution in [1.82, 2.24) is 0 Å². The Bertz CT molecular complexity index is 615. The lowest BCUT2D eigenvalue weighted by Gasteiger charge is -2.07. The molecule has 0 fully saturated rings. The van der Waals surface area contributed by atoms with Gasteiger partial charge in [0.2, 0.25) is 0 Å². The molecule has 42 heavy (non-hydrogen) atoms. The summed E-state index contributed by atoms with van der Waals surface area (Å²) < 4.78 is 2.52. The summed E-state index contributed by atoms with van der Waals surface area (Å²) in [5.41, 5.74) is 3.18. The van der Waals surface area contributed by atoms with Crippen molar-refractivity contribution >= 4 is 0 Å². The summed E-state index contributed by atoms with van der Waals surface area (Å²) >= 11 is 0. The highest BCUT2D eigenvalue weighted by Gasteiger charge is 2.08. The molecule has 0 aliphatic rings. The molecule has 246 valence electrons. The summed E-state index contributed by atoms with van der Waals surface area (Å²) in [6, 6.07) is 2.55. The standard InChI is InChI=1S/C41H78N/c1-4-7-10-12-14-16-18-20-22-24-26-28-30-32-34-40-37-41(39-42(38-40)36-9-6-3)35-33-31-29-27-25-23-21-19-17-15-13-11-8-5-2/h37-39H,4-36H2,1-3H3/q+1. The van der Waals surface area contributed by atoms with Crippen LogP contribution in [0.1, 0.15) is 225 Å². The Morgan fingerprint density at radius 3 is 0.881 bits per heavy atom. The molecule has 0 N–H and O–H groups in total. The van der Waals surface area contributed by atoms with Gasteiger partial charge in [-0.05, 0) is 31.7 Å². The predicted octanol–water partition coefficient (Wildman–Crippen LogP) is 13.8. The third-order valence-corrected chi connectivity index (χ3v) is 9.44. The zero-order chi connectivity index (χ0) is 30.2. The van der Waals surface area contributed by atoms with E-state index in [9.17, 15) is 0 Å². The van der Waals surface area contributed by atoms with Crippen LogP contribution in [0, 0.1) is 0 Å². The molecule has 0 bridgehead atoms. The predicted molar refractivity (Wildman–Crippen MR) is 190 cm³/mol. The van der Waals surface area contributed by atoms with Crippen LogP contribution >= 0.6 is 0 Å². The Hall–Kier alpha value is -0.850. The first-order valence-electron chi connectivity index (χ1n) is 19.8. The highest BCUT2D eigenvalue weighted by molar-refractivity contribution is 5.15. The topological polar surface area (TPSA) is 3.88 Å². The third kappa shape index (κ3) is 25.6. The van der Waals surface area contributed by atoms with Crippen LogP contribution in [0.2, 0.25) is 0 Å². The average Bonchev–Trinajstić information content (AvgIpc) is 3.00. The molecular weight excluding hydrogens is 506 g/mol. The highest BCUT2D eigenvalue weighted by atomic mass is 14.9. The van der Waals surface area contributed by atoms with Crippen molar-refractivity contribution in [2.45, 2.75) is 233 Å². The second kappa shape index (κ2) is 31.6. The van der Waals surface area contributed by atoms with Gasteiger partial charge in [0, 0.05) is 17.5 Å². The maximum atomic E-state index is 2.55. The molecular formula is C41H78N+. The summed E-state index contributed by atoms with van der Waals surface area (Å²) in [5, 5.41) is 0. The van der Waals surface area contributed by atoms with Crippen molar-refractivity contribution in [3.05, 3.63) is 29.6 Å². The Morgan fingerprint density at radius 1 is 0.333 bits per heavy atom. The van der Waals surface area contributed by atoms with Crippen LogP contribution < -0.4 is 4.57 Å². The van der Waals surface area contributed by atoms with E-state index in [1.54, 1.807) is 11.1 Å². The van der Waals surface area contributed by atoms with Gasteiger partial charge in [-0.3, -0.25) is 0 Å². The van der Waals surface area contributed by atoms with Gasteiger partial charge in [-0.25, -0.2) is 4.57 Å². The first-order valence-corrected chi connectivity index (χ1v) is 19.8. The van der Waals surface area contributed by atoms with Gasteiger partial charge in [0.1, 0.15) is 6.54 Å². The minimum atomic E-state index is 1.19. The minimum absolute atomic E-state index is 1.19. The van der Waals surface area contributed by atoms with Crippen molar-refractivity contribution in [1.29, 1.82) is 0 Å². The highest BCUT2D eigenvalue weighted by Crippen LogP contribution is 2.16. The maximum Gasteiger partial charge on any atom is 0.171 e. The molecule has 0 radical (unpaired) electrons. The van der Waals surface area contributed by atoms with Crippen LogP contribution in [0.15, 0.2) is 18.5 Å². The Morgan fingerprint density at radius 2 is 0.595 bits per heavy atom. The molecule has 1 heteroatoms. The van der Waals surface area contributed by atoms with Crippen LogP contribution in [-0.2, 0) is 19.4 Å². The Labute approximate surface area is 266 Å². The van der Waals surface area contributed by atoms with Gasteiger partial charge in [0.05, 0.1) is 0 Å². The number of unbranched alkanes of at least 4 members (excludes halogenated alkanes) is 27. The summed E-state index contributed by atoms with van der Waals surface area (Å²) in [6.07, 6.45) is 50.5. The lowest BCUT2D eigenvalue weighted by molar-refractivity contribution is -0.698. The first-order chi connectivity index (χ1) is 20.8. The van der Waals surface area contributed by atoms with Gasteiger partial charge in [-0.15, -0.1) is 0 Å². The second-order valence-corrected chi connectivity index (χ2v) is 13.8. The molecule has 0 spiro atoms. The first kappa shape index (κ1) is 39.2. The van der Waals surface area contributed by atoms with E-state index in [0.717, 1.165) is 0 Å². The van der Waals surface area contributed by atoms with Crippen LogP contribution in [0.4, 0.5) is 0 Å². The van der Waals surface area contributed by atoms with Crippen LogP contribution in [-0.4, -0.2) is 0 Å². The van der Waals surface area contributed by atoms with Crippen molar-refractivity contribution in [3.8, 4) is 0 Å². The number of hydrogen-bond acceptors (Lipinski definition) is 0. The number of rotatable bonds is 33. The number of hydrogen-bond donors (Lipinski definition) is 0. The molecule has 0 saturated heterocycles. The smallest absolute Gasteiger partial charge is 0.171 e. The van der Waals surface area contributed by atoms with Gasteiger partial charge < -0.3 is 0 Å². The fourth-order valence-electron chi connectivity index (χ4n) is 6.57. The van der Waals surface area contributed by atoms with Crippen molar-refractivity contribution in [2.24, 2.45) is 0 Å². The molecule has 0 atom stereocenters. The number of nitrogens with zero attached hydrogens (tertiary/aromatic N) is 1. The molecule has 0 aromatic carbocycles. The number of aromatic nitrogens is 1. The quantitative estimate of drug-likeness (QED) is 0.0571. The van der Waals surface area contributed by atoms with Gasteiger partial charge in [-0.2, -0.15) is 0 Å². The maximum absolute atomic E-state index is 2.55. The lowest BCUT2D eigenvalue weighted by atomic mass is 10.0. The molecule has 1 rings (SSSR count). The summed E-state index contributed by atoms with van der Waals surface area (Å²) in [6.45, 7) is 8.12. The van der Waals surface area contributed by atoms with E-state index in [0.29, 0.717) is 0 Å². The van der Waals surface area contributed by atoms with E-state index in [-0.39, 0.29) is 0 Å². The SMILES string of the molecule is CCCCCCCCCCCCCCCCc1cc(CCCCCCCCCCCCCCCC)c[n+](CCCC)c1. The van der Waals surface area contributed by atoms with E-state index in [1.165, 1.54) is 212 Å². The number of aryl methyl sites for hydroxylation is 3. The monoisotopic (exact) mass is 585 g/mol. The van der Waals surface area contributed by atoms with Crippen molar-refractivity contribution in [2.75, 3.05) is 0 Å². The molecule has 1 heterocycles. The zero-order valence-electron chi connectivity index (χ0n) is 29.5. The third-order valence-electron chi connectivity index (χ3n) is 9.44. The molecule has 1 nitrogen and oxygen atoms in total. The molecule has 1 aromatic rings. The fraction of sp³-hybridized carbons (Fsp3) is 0.878. The number of pyridine rings is 1. The molecule has 0 saturated carbocycles. The van der Waals surface area contributed by atoms with Gasteiger partial charge >= 0.3 is 0 Å². The van der Waals surface area contributed by atoms with Crippen molar-refractivity contribution < 1.29 is 4.57 Å². The van der Waals surface area contributed by atoms with Gasteiger partial charge in [0.25, 0.3) is 0 Å². The van der Waals surface area contributed by atoms with Crippen LogP contribution in [0.3, 0.4) is 0 Å². The van der Waals surface area contributed by atoms with Crippen molar-refractivity contribution in [3.63, 3.8) is 0 Å². The van der Waals surface area contributed by atoms with Crippen LogP contribution in [0.25, 0.3) is 0 Å². The summed E-state index contributed by atoms with van der Waals surface area (Å²) in [4.78, 5) is 0. The van der Waals surface area contributed by atoms with E-state index in [2.05, 4.69) is 43.8 Å². The van der Waals surface area contributed by atoms with E-state index < -0.39 is 0 Å². The van der Waals surface area contributed by atoms with E-state index in [4.69, 9.17) is 0 Å². The summed E-state index contributed by atoms with van der Waals surface area (Å²) in [5.74, 6) is 0. The normalized spacial score (nSPS) is 11.5. The van der Waals surface area contributed by atoms with E-state index in [1.807, 2.05) is 0 Å². The molecule has 0 aliphatic carbocycles. The fourth-order valence-corrected chi connectivity index (χ4v) is 6.57.